The second kappa shape index (κ2) is 5.93. The van der Waals surface area contributed by atoms with Gasteiger partial charge in [0.15, 0.2) is 0 Å². The molecule has 0 radical (unpaired) electrons. The van der Waals surface area contributed by atoms with Gasteiger partial charge in [0.05, 0.1) is 17.8 Å². The van der Waals surface area contributed by atoms with Crippen molar-refractivity contribution in [3.8, 4) is 0 Å². The van der Waals surface area contributed by atoms with E-state index < -0.39 is 12.2 Å². The average molecular weight is 281 g/mol. The van der Waals surface area contributed by atoms with Gasteiger partial charge in [0, 0.05) is 7.05 Å². The van der Waals surface area contributed by atoms with Gasteiger partial charge in [-0.25, -0.2) is 0 Å². The Morgan fingerprint density at radius 2 is 2.20 bits per heavy atom. The summed E-state index contributed by atoms with van der Waals surface area (Å²) in [5.74, 6) is 0.223. The summed E-state index contributed by atoms with van der Waals surface area (Å²) in [7, 11) is 1.73. The predicted molar refractivity (Wildman–Crippen MR) is 74.3 cm³/mol. The van der Waals surface area contributed by atoms with Gasteiger partial charge < -0.3 is 15.5 Å². The van der Waals surface area contributed by atoms with Gasteiger partial charge in [-0.15, -0.1) is 0 Å². The van der Waals surface area contributed by atoms with Crippen LogP contribution in [0.4, 0.5) is 0 Å². The minimum absolute atomic E-state index is 0.256. The SMILES string of the molecule is CC(C)Cc1cc(C(=O)N[C@@H]2CC[C@@H](O)[C@@H]2O)n(C)n1. The number of aliphatic hydroxyl groups excluding tert-OH is 2. The van der Waals surface area contributed by atoms with Crippen LogP contribution in [0.25, 0.3) is 0 Å². The summed E-state index contributed by atoms with van der Waals surface area (Å²) < 4.78 is 1.56. The number of aryl methyl sites for hydroxylation is 1. The molecule has 3 N–H and O–H groups in total. The van der Waals surface area contributed by atoms with E-state index in [1.807, 2.05) is 0 Å². The maximum absolute atomic E-state index is 12.2. The Hall–Kier alpha value is -1.40. The van der Waals surface area contributed by atoms with E-state index in [0.29, 0.717) is 24.5 Å². The molecule has 6 heteroatoms. The number of hydrogen-bond acceptors (Lipinski definition) is 4. The number of aromatic nitrogens is 2. The van der Waals surface area contributed by atoms with E-state index in [0.717, 1.165) is 12.1 Å². The Morgan fingerprint density at radius 1 is 1.50 bits per heavy atom. The zero-order valence-corrected chi connectivity index (χ0v) is 12.2. The topological polar surface area (TPSA) is 87.4 Å². The molecule has 1 saturated carbocycles. The third-order valence-corrected chi connectivity index (χ3v) is 3.68. The van der Waals surface area contributed by atoms with Gasteiger partial charge in [0.2, 0.25) is 0 Å². The fraction of sp³-hybridized carbons (Fsp3) is 0.714. The summed E-state index contributed by atoms with van der Waals surface area (Å²) in [5.41, 5.74) is 1.37. The first-order chi connectivity index (χ1) is 9.38. The number of hydrogen-bond donors (Lipinski definition) is 3. The first kappa shape index (κ1) is 15.0. The molecule has 1 aliphatic rings. The van der Waals surface area contributed by atoms with Crippen LogP contribution in [0, 0.1) is 5.92 Å². The van der Waals surface area contributed by atoms with Crippen molar-refractivity contribution in [3.05, 3.63) is 17.5 Å². The van der Waals surface area contributed by atoms with E-state index in [1.165, 1.54) is 0 Å². The molecule has 2 rings (SSSR count). The van der Waals surface area contributed by atoms with Crippen LogP contribution in [0.2, 0.25) is 0 Å². The maximum Gasteiger partial charge on any atom is 0.269 e. The number of nitrogens with one attached hydrogen (secondary N) is 1. The molecular weight excluding hydrogens is 258 g/mol. The van der Waals surface area contributed by atoms with Crippen molar-refractivity contribution in [2.24, 2.45) is 13.0 Å². The molecule has 0 bridgehead atoms. The summed E-state index contributed by atoms with van der Waals surface area (Å²) in [5, 5.41) is 26.3. The van der Waals surface area contributed by atoms with E-state index in [-0.39, 0.29) is 11.9 Å². The molecule has 112 valence electrons. The molecule has 20 heavy (non-hydrogen) atoms. The molecule has 1 aromatic heterocycles. The van der Waals surface area contributed by atoms with E-state index in [9.17, 15) is 15.0 Å². The molecule has 0 aromatic carbocycles. The van der Waals surface area contributed by atoms with Gasteiger partial charge in [-0.1, -0.05) is 13.8 Å². The quantitative estimate of drug-likeness (QED) is 0.737. The molecule has 0 saturated heterocycles. The normalized spacial score (nSPS) is 26.2. The lowest BCUT2D eigenvalue weighted by Crippen LogP contribution is -2.43. The highest BCUT2D eigenvalue weighted by Crippen LogP contribution is 2.20. The number of nitrogens with zero attached hydrogens (tertiary/aromatic N) is 2. The van der Waals surface area contributed by atoms with Crippen LogP contribution in [0.5, 0.6) is 0 Å². The van der Waals surface area contributed by atoms with Gasteiger partial charge in [-0.3, -0.25) is 9.48 Å². The summed E-state index contributed by atoms with van der Waals surface area (Å²) in [6.45, 7) is 4.20. The van der Waals surface area contributed by atoms with E-state index >= 15 is 0 Å². The van der Waals surface area contributed by atoms with Crippen molar-refractivity contribution in [2.45, 2.75) is 51.4 Å². The Morgan fingerprint density at radius 3 is 2.75 bits per heavy atom. The number of amides is 1. The highest BCUT2D eigenvalue weighted by atomic mass is 16.3. The van der Waals surface area contributed by atoms with Crippen molar-refractivity contribution < 1.29 is 15.0 Å². The van der Waals surface area contributed by atoms with Crippen LogP contribution in [0.15, 0.2) is 6.07 Å². The lowest BCUT2D eigenvalue weighted by atomic mass is 10.1. The highest BCUT2D eigenvalue weighted by molar-refractivity contribution is 5.92. The van der Waals surface area contributed by atoms with Gasteiger partial charge in [0.1, 0.15) is 11.8 Å². The van der Waals surface area contributed by atoms with Gasteiger partial charge in [-0.2, -0.15) is 5.10 Å². The Labute approximate surface area is 118 Å². The first-order valence-corrected chi connectivity index (χ1v) is 7.08. The standard InChI is InChI=1S/C14H23N3O3/c1-8(2)6-9-7-11(17(3)16-9)14(20)15-10-4-5-12(18)13(10)19/h7-8,10,12-13,18-19H,4-6H2,1-3H3,(H,15,20)/t10-,12-,13-/m1/s1. The summed E-state index contributed by atoms with van der Waals surface area (Å²) in [6, 6.07) is 1.40. The Balaban J connectivity index is 2.04. The Kier molecular flexibility index (Phi) is 4.45. The highest BCUT2D eigenvalue weighted by Gasteiger charge is 2.34. The Bertz CT molecular complexity index is 484. The molecule has 0 unspecified atom stereocenters. The molecule has 6 nitrogen and oxygen atoms in total. The fourth-order valence-corrected chi connectivity index (χ4v) is 2.62. The minimum atomic E-state index is -0.887. The lowest BCUT2D eigenvalue weighted by Gasteiger charge is -2.17. The van der Waals surface area contributed by atoms with Crippen LogP contribution in [0.1, 0.15) is 42.9 Å². The smallest absolute Gasteiger partial charge is 0.269 e. The van der Waals surface area contributed by atoms with Crippen molar-refractivity contribution in [1.82, 2.24) is 15.1 Å². The van der Waals surface area contributed by atoms with Gasteiger partial charge in [-0.05, 0) is 31.2 Å². The second-order valence-electron chi connectivity index (χ2n) is 5.96. The third kappa shape index (κ3) is 3.19. The van der Waals surface area contributed by atoms with Crippen molar-refractivity contribution in [3.63, 3.8) is 0 Å². The number of carbonyl (C=O) groups is 1. The van der Waals surface area contributed by atoms with Crippen LogP contribution in [-0.4, -0.2) is 44.2 Å². The first-order valence-electron chi connectivity index (χ1n) is 7.08. The molecule has 3 atom stereocenters. The summed E-state index contributed by atoms with van der Waals surface area (Å²) in [6.07, 6.45) is 0.290. The van der Waals surface area contributed by atoms with E-state index in [1.54, 1.807) is 17.8 Å². The maximum atomic E-state index is 12.2. The molecular formula is C14H23N3O3. The molecule has 1 aromatic rings. The zero-order valence-electron chi connectivity index (χ0n) is 12.2. The van der Waals surface area contributed by atoms with Gasteiger partial charge in [0.25, 0.3) is 5.91 Å². The lowest BCUT2D eigenvalue weighted by molar-refractivity contribution is 0.0295. The number of carbonyl (C=O) groups excluding carboxylic acids is 1. The van der Waals surface area contributed by atoms with Crippen LogP contribution in [-0.2, 0) is 13.5 Å². The second-order valence-corrected chi connectivity index (χ2v) is 5.96. The van der Waals surface area contributed by atoms with Crippen LogP contribution < -0.4 is 5.32 Å². The predicted octanol–water partition coefficient (Wildman–Crippen LogP) is 0.233. The fourth-order valence-electron chi connectivity index (χ4n) is 2.62. The average Bonchev–Trinajstić information content (AvgIpc) is 2.86. The van der Waals surface area contributed by atoms with Crippen molar-refractivity contribution in [1.29, 1.82) is 0 Å². The van der Waals surface area contributed by atoms with Crippen molar-refractivity contribution >= 4 is 5.91 Å². The van der Waals surface area contributed by atoms with Crippen LogP contribution in [0.3, 0.4) is 0 Å². The van der Waals surface area contributed by atoms with Crippen LogP contribution >= 0.6 is 0 Å². The van der Waals surface area contributed by atoms with E-state index in [4.69, 9.17) is 0 Å². The minimum Gasteiger partial charge on any atom is -0.390 e. The molecule has 1 fully saturated rings. The molecule has 0 spiro atoms. The third-order valence-electron chi connectivity index (χ3n) is 3.68. The summed E-state index contributed by atoms with van der Waals surface area (Å²) in [4.78, 5) is 12.2. The summed E-state index contributed by atoms with van der Waals surface area (Å²) >= 11 is 0. The molecule has 0 aliphatic heterocycles. The molecule has 1 aliphatic carbocycles. The zero-order chi connectivity index (χ0) is 14.9. The number of aliphatic hydroxyl groups is 2. The molecule has 1 heterocycles. The van der Waals surface area contributed by atoms with Crippen molar-refractivity contribution in [2.75, 3.05) is 0 Å². The van der Waals surface area contributed by atoms with Gasteiger partial charge >= 0.3 is 0 Å². The number of rotatable bonds is 4. The monoisotopic (exact) mass is 281 g/mol. The largest absolute Gasteiger partial charge is 0.390 e. The molecule has 1 amide bonds. The van der Waals surface area contributed by atoms with E-state index in [2.05, 4.69) is 24.3 Å².